The number of hydrogen-bond donors (Lipinski definition) is 0. The van der Waals surface area contributed by atoms with E-state index in [-0.39, 0.29) is 0 Å². The second kappa shape index (κ2) is 6.25. The van der Waals surface area contributed by atoms with Gasteiger partial charge in [0.2, 0.25) is 0 Å². The molecule has 1 heterocycles. The van der Waals surface area contributed by atoms with Gasteiger partial charge in [-0.2, -0.15) is 0 Å². The predicted molar refractivity (Wildman–Crippen MR) is 124 cm³/mol. The summed E-state index contributed by atoms with van der Waals surface area (Å²) in [4.78, 5) is 10.3. The van der Waals surface area contributed by atoms with Crippen LogP contribution in [0.3, 0.4) is 0 Å². The Bertz CT molecular complexity index is 760. The minimum atomic E-state index is -1.68. The van der Waals surface area contributed by atoms with Crippen LogP contribution in [0.1, 0.15) is 11.1 Å². The molecule has 0 bridgehead atoms. The van der Waals surface area contributed by atoms with Gasteiger partial charge in [-0.3, -0.25) is 9.97 Å². The van der Waals surface area contributed by atoms with Crippen LogP contribution in [0, 0.1) is 13.8 Å². The smallest absolute Gasteiger partial charge is 0.0929 e. The molecule has 0 aliphatic rings. The van der Waals surface area contributed by atoms with E-state index in [1.807, 2.05) is 0 Å². The average molecular weight is 405 g/mol. The molecule has 6 heteroatoms. The van der Waals surface area contributed by atoms with Crippen LogP contribution >= 0.6 is 0 Å². The highest BCUT2D eigenvalue weighted by Crippen LogP contribution is 2.36. The summed E-state index contributed by atoms with van der Waals surface area (Å²) in [6.07, 6.45) is 2.19. The van der Waals surface area contributed by atoms with E-state index >= 15 is 0 Å². The standard InChI is InChI=1S/C19H36N2Si4/c1-15-12-17-18(13-16(15)2)21-19(14-20-17)25(22(3,4)5,23(6,7)8)24(9,10)11/h12-14H,1-11H3. The first-order valence-electron chi connectivity index (χ1n) is 9.37. The van der Waals surface area contributed by atoms with E-state index in [4.69, 9.17) is 9.97 Å². The first kappa shape index (κ1) is 20.7. The molecule has 0 radical (unpaired) electrons. The van der Waals surface area contributed by atoms with Gasteiger partial charge in [0.25, 0.3) is 0 Å². The maximum atomic E-state index is 5.35. The second-order valence-electron chi connectivity index (χ2n) is 10.7. The Kier molecular flexibility index (Phi) is 5.18. The minimum Gasteiger partial charge on any atom is -0.255 e. The first-order valence-corrected chi connectivity index (χ1v) is 24.9. The van der Waals surface area contributed by atoms with Gasteiger partial charge in [-0.25, -0.2) is 0 Å². The molecule has 0 saturated heterocycles. The van der Waals surface area contributed by atoms with E-state index in [1.165, 1.54) is 16.4 Å². The van der Waals surface area contributed by atoms with Crippen molar-refractivity contribution in [2.45, 2.75) is 72.8 Å². The average Bonchev–Trinajstić information content (AvgIpc) is 2.35. The molecule has 138 valence electrons. The Morgan fingerprint density at radius 1 is 0.640 bits per heavy atom. The molecule has 1 aromatic heterocycles. The Labute approximate surface area is 157 Å². The monoisotopic (exact) mass is 404 g/mol. The van der Waals surface area contributed by atoms with E-state index in [1.54, 1.807) is 0 Å². The van der Waals surface area contributed by atoms with Crippen LogP contribution in [0.25, 0.3) is 11.0 Å². The van der Waals surface area contributed by atoms with Crippen LogP contribution in [0.4, 0.5) is 0 Å². The third-order valence-corrected chi connectivity index (χ3v) is 76.7. The van der Waals surface area contributed by atoms with Crippen molar-refractivity contribution in [1.82, 2.24) is 9.97 Å². The number of aryl methyl sites for hydroxylation is 2. The number of benzene rings is 1. The van der Waals surface area contributed by atoms with Crippen molar-refractivity contribution in [2.24, 2.45) is 0 Å². The zero-order chi connectivity index (χ0) is 19.4. The van der Waals surface area contributed by atoms with E-state index in [0.29, 0.717) is 0 Å². The van der Waals surface area contributed by atoms with Crippen LogP contribution in [0.2, 0.25) is 58.9 Å². The van der Waals surface area contributed by atoms with Gasteiger partial charge in [0.15, 0.2) is 0 Å². The van der Waals surface area contributed by atoms with E-state index < -0.39 is 29.4 Å². The molecule has 0 aliphatic carbocycles. The number of nitrogens with zero attached hydrogens (tertiary/aromatic N) is 2. The predicted octanol–water partition coefficient (Wildman–Crippen LogP) is 5.15. The third kappa shape index (κ3) is 3.26. The van der Waals surface area contributed by atoms with Gasteiger partial charge < -0.3 is 0 Å². The molecule has 0 atom stereocenters. The van der Waals surface area contributed by atoms with Crippen molar-refractivity contribution >= 4 is 45.8 Å². The molecule has 25 heavy (non-hydrogen) atoms. The van der Waals surface area contributed by atoms with E-state index in [2.05, 4.69) is 91.1 Å². The van der Waals surface area contributed by atoms with Gasteiger partial charge in [-0.05, 0) is 37.1 Å². The van der Waals surface area contributed by atoms with Gasteiger partial charge in [0, 0.05) is 34.3 Å². The lowest BCUT2D eigenvalue weighted by Gasteiger charge is -2.56. The summed E-state index contributed by atoms with van der Waals surface area (Å²) in [6, 6.07) is 4.45. The van der Waals surface area contributed by atoms with Crippen molar-refractivity contribution in [3.05, 3.63) is 29.5 Å². The highest BCUT2D eigenvalue weighted by molar-refractivity contribution is 7.92. The Morgan fingerprint density at radius 3 is 1.44 bits per heavy atom. The van der Waals surface area contributed by atoms with Crippen molar-refractivity contribution in [3.63, 3.8) is 0 Å². The topological polar surface area (TPSA) is 25.8 Å². The number of rotatable bonds is 4. The second-order valence-corrected chi connectivity index (χ2v) is 50.9. The minimum absolute atomic E-state index is 1.05. The summed E-state index contributed by atoms with van der Waals surface area (Å²) in [5, 5.41) is 1.43. The SMILES string of the molecule is Cc1cc2ncc([Si]([Si](C)(C)C)([Si](C)(C)C)[Si](C)(C)C)nc2cc1C. The van der Waals surface area contributed by atoms with Crippen LogP contribution < -0.4 is 5.32 Å². The number of hydrogen-bond acceptors (Lipinski definition) is 2. The third-order valence-electron chi connectivity index (χ3n) is 5.92. The van der Waals surface area contributed by atoms with Crippen molar-refractivity contribution in [2.75, 3.05) is 0 Å². The van der Waals surface area contributed by atoms with Crippen molar-refractivity contribution in [1.29, 1.82) is 0 Å². The molecule has 0 fully saturated rings. The van der Waals surface area contributed by atoms with Gasteiger partial charge in [-0.15, -0.1) is 0 Å². The number of fused-ring (bicyclic) bond motifs is 1. The molecule has 2 aromatic rings. The normalized spacial score (nSPS) is 14.2. The molecular weight excluding hydrogens is 369 g/mol. The highest BCUT2D eigenvalue weighted by atomic mass is 29.9. The highest BCUT2D eigenvalue weighted by Gasteiger charge is 2.63. The zero-order valence-corrected chi connectivity index (χ0v) is 22.1. The van der Waals surface area contributed by atoms with Crippen molar-refractivity contribution in [3.8, 4) is 0 Å². The van der Waals surface area contributed by atoms with Crippen molar-refractivity contribution < 1.29 is 0 Å². The largest absolute Gasteiger partial charge is 0.255 e. The lowest BCUT2D eigenvalue weighted by Crippen LogP contribution is -2.88. The quantitative estimate of drug-likeness (QED) is 0.658. The fourth-order valence-electron chi connectivity index (χ4n) is 5.98. The summed E-state index contributed by atoms with van der Waals surface area (Å²) in [5.74, 6) is 0. The first-order chi connectivity index (χ1) is 11.1. The van der Waals surface area contributed by atoms with Crippen LogP contribution in [0.5, 0.6) is 0 Å². The summed E-state index contributed by atoms with van der Waals surface area (Å²) in [7, 11) is -4.20. The van der Waals surface area contributed by atoms with Crippen LogP contribution in [0.15, 0.2) is 18.3 Å². The Hall–Kier alpha value is -0.572. The summed E-state index contributed by atoms with van der Waals surface area (Å²) in [5.41, 5.74) is 4.78. The summed E-state index contributed by atoms with van der Waals surface area (Å²) >= 11 is 0. The zero-order valence-electron chi connectivity index (χ0n) is 18.1. The van der Waals surface area contributed by atoms with E-state index in [9.17, 15) is 0 Å². The Balaban J connectivity index is 2.92. The fraction of sp³-hybridized carbons (Fsp3) is 0.579. The molecular formula is C19H36N2Si4. The fourth-order valence-corrected chi connectivity index (χ4v) is 105. The van der Waals surface area contributed by atoms with Gasteiger partial charge >= 0.3 is 0 Å². The molecule has 0 spiro atoms. The molecule has 1 aromatic carbocycles. The molecule has 0 saturated carbocycles. The lowest BCUT2D eigenvalue weighted by atomic mass is 10.1. The van der Waals surface area contributed by atoms with Crippen LogP contribution in [-0.4, -0.2) is 39.4 Å². The summed E-state index contributed by atoms with van der Waals surface area (Å²) < 4.78 is 0. The maximum absolute atomic E-state index is 5.35. The summed E-state index contributed by atoms with van der Waals surface area (Å²) in [6.45, 7) is 26.2. The maximum Gasteiger partial charge on any atom is 0.0929 e. The molecule has 2 rings (SSSR count). The molecule has 0 N–H and O–H groups in total. The Morgan fingerprint density at radius 2 is 1.04 bits per heavy atom. The molecule has 2 nitrogen and oxygen atoms in total. The lowest BCUT2D eigenvalue weighted by molar-refractivity contribution is 1.29. The van der Waals surface area contributed by atoms with Gasteiger partial charge in [0.05, 0.1) is 17.7 Å². The van der Waals surface area contributed by atoms with Crippen LogP contribution in [-0.2, 0) is 0 Å². The van der Waals surface area contributed by atoms with Gasteiger partial charge in [0.1, 0.15) is 0 Å². The van der Waals surface area contributed by atoms with Gasteiger partial charge in [-0.1, -0.05) is 58.9 Å². The molecule has 0 amide bonds. The van der Waals surface area contributed by atoms with E-state index in [0.717, 1.165) is 11.0 Å². The number of aromatic nitrogens is 2. The molecule has 0 unspecified atom stereocenters. The molecule has 0 aliphatic heterocycles.